The van der Waals surface area contributed by atoms with Gasteiger partial charge in [-0.25, -0.2) is 0 Å². The van der Waals surface area contributed by atoms with Gasteiger partial charge in [-0.1, -0.05) is 12.5 Å². The van der Waals surface area contributed by atoms with Crippen molar-refractivity contribution >= 4 is 17.5 Å². The number of benzene rings is 1. The van der Waals surface area contributed by atoms with Gasteiger partial charge >= 0.3 is 0 Å². The van der Waals surface area contributed by atoms with Gasteiger partial charge in [-0.15, -0.1) is 0 Å². The molecule has 1 heterocycles. The number of nitrogens with one attached hydrogen (secondary N) is 2. The van der Waals surface area contributed by atoms with Crippen LogP contribution in [0.2, 0.25) is 0 Å². The summed E-state index contributed by atoms with van der Waals surface area (Å²) in [4.78, 5) is 23.7. The molecule has 20 heavy (non-hydrogen) atoms. The predicted molar refractivity (Wildman–Crippen MR) is 75.5 cm³/mol. The summed E-state index contributed by atoms with van der Waals surface area (Å²) >= 11 is 0. The molecule has 4 heteroatoms. The van der Waals surface area contributed by atoms with Crippen LogP contribution in [-0.4, -0.2) is 17.9 Å². The lowest BCUT2D eigenvalue weighted by Crippen LogP contribution is -2.38. The van der Waals surface area contributed by atoms with E-state index in [1.54, 1.807) is 6.07 Å². The van der Waals surface area contributed by atoms with E-state index in [9.17, 15) is 9.59 Å². The van der Waals surface area contributed by atoms with Crippen LogP contribution in [0, 0.1) is 11.8 Å². The molecule has 2 fully saturated rings. The Balaban J connectivity index is 1.49. The van der Waals surface area contributed by atoms with E-state index < -0.39 is 0 Å². The second kappa shape index (κ2) is 4.33. The molecule has 3 aliphatic rings. The predicted octanol–water partition coefficient (Wildman–Crippen LogP) is 2.10. The Hall–Kier alpha value is -1.84. The van der Waals surface area contributed by atoms with Gasteiger partial charge in [0, 0.05) is 17.3 Å². The molecule has 2 saturated carbocycles. The maximum atomic E-state index is 12.3. The van der Waals surface area contributed by atoms with Gasteiger partial charge < -0.3 is 10.6 Å². The average molecular weight is 270 g/mol. The van der Waals surface area contributed by atoms with Crippen LogP contribution in [0.1, 0.15) is 41.6 Å². The molecular formula is C16H18N2O2. The fourth-order valence-corrected chi connectivity index (χ4v) is 4.03. The summed E-state index contributed by atoms with van der Waals surface area (Å²) in [6, 6.07) is 5.84. The van der Waals surface area contributed by atoms with Crippen LogP contribution in [0.4, 0.5) is 5.69 Å². The number of hydrogen-bond acceptors (Lipinski definition) is 2. The lowest BCUT2D eigenvalue weighted by atomic mass is 9.95. The van der Waals surface area contributed by atoms with E-state index in [0.29, 0.717) is 23.9 Å². The molecule has 2 amide bonds. The smallest absolute Gasteiger partial charge is 0.251 e. The quantitative estimate of drug-likeness (QED) is 0.864. The largest absolute Gasteiger partial charge is 0.349 e. The first-order valence-corrected chi connectivity index (χ1v) is 7.42. The van der Waals surface area contributed by atoms with Crippen molar-refractivity contribution in [3.8, 4) is 0 Å². The van der Waals surface area contributed by atoms with E-state index in [4.69, 9.17) is 0 Å². The number of amides is 2. The molecule has 0 radical (unpaired) electrons. The fourth-order valence-electron chi connectivity index (χ4n) is 4.03. The molecule has 3 unspecified atom stereocenters. The molecule has 1 aromatic carbocycles. The van der Waals surface area contributed by atoms with Crippen molar-refractivity contribution in [1.82, 2.24) is 5.32 Å². The number of hydrogen-bond donors (Lipinski definition) is 2. The highest BCUT2D eigenvalue weighted by atomic mass is 16.2. The van der Waals surface area contributed by atoms with Gasteiger partial charge in [-0.05, 0) is 48.8 Å². The van der Waals surface area contributed by atoms with Gasteiger partial charge in [0.25, 0.3) is 5.91 Å². The molecule has 2 bridgehead atoms. The third kappa shape index (κ3) is 1.90. The molecule has 0 aromatic heterocycles. The molecule has 2 N–H and O–H groups in total. The van der Waals surface area contributed by atoms with Gasteiger partial charge in [0.1, 0.15) is 0 Å². The van der Waals surface area contributed by atoms with Crippen molar-refractivity contribution in [3.63, 3.8) is 0 Å². The Bertz CT molecular complexity index is 596. The first-order chi connectivity index (χ1) is 9.69. The Labute approximate surface area is 117 Å². The summed E-state index contributed by atoms with van der Waals surface area (Å²) in [6.07, 6.45) is 5.44. The number of rotatable bonds is 2. The van der Waals surface area contributed by atoms with Gasteiger partial charge in [-0.2, -0.15) is 0 Å². The zero-order valence-corrected chi connectivity index (χ0v) is 11.3. The summed E-state index contributed by atoms with van der Waals surface area (Å²) in [7, 11) is 0. The highest BCUT2D eigenvalue weighted by Crippen LogP contribution is 2.44. The first kappa shape index (κ1) is 11.9. The second-order valence-electron chi connectivity index (χ2n) is 6.35. The number of fused-ring (bicyclic) bond motifs is 3. The van der Waals surface area contributed by atoms with Crippen molar-refractivity contribution in [3.05, 3.63) is 29.3 Å². The third-order valence-corrected chi connectivity index (χ3v) is 5.05. The molecule has 0 saturated heterocycles. The van der Waals surface area contributed by atoms with Crippen LogP contribution in [-0.2, 0) is 11.2 Å². The van der Waals surface area contributed by atoms with Crippen LogP contribution < -0.4 is 10.6 Å². The van der Waals surface area contributed by atoms with Crippen molar-refractivity contribution in [2.24, 2.45) is 11.8 Å². The van der Waals surface area contributed by atoms with E-state index in [1.165, 1.54) is 19.3 Å². The van der Waals surface area contributed by atoms with Crippen LogP contribution in [0.15, 0.2) is 18.2 Å². The molecule has 1 aromatic rings. The van der Waals surface area contributed by atoms with Crippen molar-refractivity contribution in [2.45, 2.75) is 38.1 Å². The third-order valence-electron chi connectivity index (χ3n) is 5.05. The van der Waals surface area contributed by atoms with Gasteiger partial charge in [0.05, 0.1) is 6.42 Å². The van der Waals surface area contributed by atoms with Crippen LogP contribution in [0.25, 0.3) is 0 Å². The lowest BCUT2D eigenvalue weighted by molar-refractivity contribution is -0.115. The summed E-state index contributed by atoms with van der Waals surface area (Å²) in [5.41, 5.74) is 2.41. The maximum Gasteiger partial charge on any atom is 0.251 e. The molecular weight excluding hydrogens is 252 g/mol. The van der Waals surface area contributed by atoms with Crippen molar-refractivity contribution in [2.75, 3.05) is 5.32 Å². The second-order valence-corrected chi connectivity index (χ2v) is 6.35. The topological polar surface area (TPSA) is 58.2 Å². The minimum atomic E-state index is -0.00787. The highest BCUT2D eigenvalue weighted by Gasteiger charge is 2.40. The number of anilines is 1. The van der Waals surface area contributed by atoms with Gasteiger partial charge in [0.2, 0.25) is 5.91 Å². The van der Waals surface area contributed by atoms with Crippen molar-refractivity contribution < 1.29 is 9.59 Å². The maximum absolute atomic E-state index is 12.3. The fraction of sp³-hybridized carbons (Fsp3) is 0.500. The highest BCUT2D eigenvalue weighted by molar-refractivity contribution is 6.02. The van der Waals surface area contributed by atoms with E-state index in [-0.39, 0.29) is 11.8 Å². The normalized spacial score (nSPS) is 30.2. The molecule has 4 nitrogen and oxygen atoms in total. The van der Waals surface area contributed by atoms with Gasteiger partial charge in [-0.3, -0.25) is 9.59 Å². The molecule has 1 aliphatic heterocycles. The molecule has 2 aliphatic carbocycles. The summed E-state index contributed by atoms with van der Waals surface area (Å²) in [6.45, 7) is 0. The Kier molecular flexibility index (Phi) is 2.59. The summed E-state index contributed by atoms with van der Waals surface area (Å²) in [5.74, 6) is 1.50. The van der Waals surface area contributed by atoms with Crippen LogP contribution in [0.3, 0.4) is 0 Å². The first-order valence-electron chi connectivity index (χ1n) is 7.42. The molecule has 3 atom stereocenters. The van der Waals surface area contributed by atoms with E-state index >= 15 is 0 Å². The zero-order valence-electron chi connectivity index (χ0n) is 11.3. The summed E-state index contributed by atoms with van der Waals surface area (Å²) in [5, 5.41) is 5.97. The van der Waals surface area contributed by atoms with E-state index in [2.05, 4.69) is 10.6 Å². The lowest BCUT2D eigenvalue weighted by Gasteiger charge is -2.23. The minimum Gasteiger partial charge on any atom is -0.349 e. The van der Waals surface area contributed by atoms with Crippen molar-refractivity contribution in [1.29, 1.82) is 0 Å². The molecule has 0 spiro atoms. The van der Waals surface area contributed by atoms with E-state index in [0.717, 1.165) is 23.6 Å². The average Bonchev–Trinajstić information content (AvgIpc) is 3.10. The Morgan fingerprint density at radius 1 is 1.25 bits per heavy atom. The van der Waals surface area contributed by atoms with Crippen LogP contribution >= 0.6 is 0 Å². The Morgan fingerprint density at radius 2 is 2.15 bits per heavy atom. The standard InChI is InChI=1S/C16H18N2O2/c19-15-8-11-3-4-12(7-14(11)17-15)16(20)18-13-6-9-1-2-10(13)5-9/h3-4,7,9-10,13H,1-2,5-6,8H2,(H,17,19)(H,18,20). The Morgan fingerprint density at radius 3 is 2.90 bits per heavy atom. The number of carbonyl (C=O) groups excluding carboxylic acids is 2. The molecule has 4 rings (SSSR count). The van der Waals surface area contributed by atoms with E-state index in [1.807, 2.05) is 12.1 Å². The minimum absolute atomic E-state index is 0.00524. The van der Waals surface area contributed by atoms with Crippen LogP contribution in [0.5, 0.6) is 0 Å². The number of carbonyl (C=O) groups is 2. The zero-order chi connectivity index (χ0) is 13.7. The SMILES string of the molecule is O=C1Cc2ccc(C(=O)NC3CC4CCC3C4)cc2N1. The molecule has 104 valence electrons. The van der Waals surface area contributed by atoms with Gasteiger partial charge in [0.15, 0.2) is 0 Å². The summed E-state index contributed by atoms with van der Waals surface area (Å²) < 4.78 is 0. The monoisotopic (exact) mass is 270 g/mol.